The van der Waals surface area contributed by atoms with E-state index in [1.165, 1.54) is 7.11 Å². The van der Waals surface area contributed by atoms with Crippen LogP contribution in [0.4, 0.5) is 0 Å². The first-order valence-electron chi connectivity index (χ1n) is 7.42. The van der Waals surface area contributed by atoms with Gasteiger partial charge in [0.05, 0.1) is 31.9 Å². The number of nitrogens with one attached hydrogen (secondary N) is 1. The number of hydrogen-bond donors (Lipinski definition) is 2. The van der Waals surface area contributed by atoms with Crippen LogP contribution in [-0.4, -0.2) is 31.3 Å². The van der Waals surface area contributed by atoms with Gasteiger partial charge in [-0.25, -0.2) is 0 Å². The summed E-state index contributed by atoms with van der Waals surface area (Å²) in [5.74, 6) is 0.778. The van der Waals surface area contributed by atoms with E-state index in [4.69, 9.17) is 9.47 Å². The van der Waals surface area contributed by atoms with Crippen molar-refractivity contribution in [2.45, 2.75) is 18.6 Å². The van der Waals surface area contributed by atoms with Gasteiger partial charge in [-0.05, 0) is 29.7 Å². The van der Waals surface area contributed by atoms with E-state index in [9.17, 15) is 9.90 Å². The molecule has 2 aromatic carbocycles. The Kier molecular flexibility index (Phi) is 4.21. The molecule has 0 saturated carbocycles. The van der Waals surface area contributed by atoms with Gasteiger partial charge in [-0.3, -0.25) is 4.79 Å². The van der Waals surface area contributed by atoms with Crippen molar-refractivity contribution in [2.24, 2.45) is 0 Å². The molecule has 1 aliphatic carbocycles. The van der Waals surface area contributed by atoms with Crippen molar-refractivity contribution in [3.05, 3.63) is 59.2 Å². The van der Waals surface area contributed by atoms with Gasteiger partial charge in [-0.2, -0.15) is 0 Å². The second-order valence-electron chi connectivity index (χ2n) is 5.49. The van der Waals surface area contributed by atoms with E-state index >= 15 is 0 Å². The Hall–Kier alpha value is -2.53. The van der Waals surface area contributed by atoms with E-state index in [0.717, 1.165) is 11.1 Å². The van der Waals surface area contributed by atoms with Gasteiger partial charge in [0.15, 0.2) is 0 Å². The highest BCUT2D eigenvalue weighted by atomic mass is 16.5. The average molecular weight is 313 g/mol. The highest BCUT2D eigenvalue weighted by Gasteiger charge is 2.32. The average Bonchev–Trinajstić information content (AvgIpc) is 2.90. The van der Waals surface area contributed by atoms with Gasteiger partial charge in [-0.15, -0.1) is 0 Å². The van der Waals surface area contributed by atoms with E-state index in [1.807, 2.05) is 24.3 Å². The summed E-state index contributed by atoms with van der Waals surface area (Å²) in [6, 6.07) is 12.4. The summed E-state index contributed by atoms with van der Waals surface area (Å²) in [4.78, 5) is 12.5. The zero-order valence-corrected chi connectivity index (χ0v) is 13.1. The lowest BCUT2D eigenvalue weighted by atomic mass is 10.1. The van der Waals surface area contributed by atoms with Crippen LogP contribution in [0.3, 0.4) is 0 Å². The molecule has 0 heterocycles. The first-order chi connectivity index (χ1) is 11.1. The standard InChI is InChI=1S/C18H19NO4/c1-22-12-7-8-14(16(10-12)23-2)18(21)19-15-9-11-5-3-4-6-13(11)17(15)20/h3-8,10,15,17,20H,9H2,1-2H3,(H,19,21). The van der Waals surface area contributed by atoms with Crippen LogP contribution in [0, 0.1) is 0 Å². The van der Waals surface area contributed by atoms with Crippen molar-refractivity contribution in [3.63, 3.8) is 0 Å². The van der Waals surface area contributed by atoms with E-state index in [-0.39, 0.29) is 11.9 Å². The molecule has 0 fully saturated rings. The largest absolute Gasteiger partial charge is 0.497 e. The summed E-state index contributed by atoms with van der Waals surface area (Å²) in [5.41, 5.74) is 2.35. The van der Waals surface area contributed by atoms with E-state index in [1.54, 1.807) is 25.3 Å². The third-order valence-corrected chi connectivity index (χ3v) is 4.16. The fourth-order valence-corrected chi connectivity index (χ4v) is 2.94. The SMILES string of the molecule is COc1ccc(C(=O)NC2Cc3ccccc3C2O)c(OC)c1. The van der Waals surface area contributed by atoms with Crippen molar-refractivity contribution in [3.8, 4) is 11.5 Å². The summed E-state index contributed by atoms with van der Waals surface area (Å²) in [5, 5.41) is 13.3. The number of hydrogen-bond acceptors (Lipinski definition) is 4. The number of amides is 1. The third-order valence-electron chi connectivity index (χ3n) is 4.16. The molecule has 2 unspecified atom stereocenters. The molecular weight excluding hydrogens is 294 g/mol. The minimum atomic E-state index is -0.695. The Morgan fingerprint density at radius 3 is 2.65 bits per heavy atom. The molecule has 5 nitrogen and oxygen atoms in total. The van der Waals surface area contributed by atoms with Crippen molar-refractivity contribution in [1.29, 1.82) is 0 Å². The number of fused-ring (bicyclic) bond motifs is 1. The molecular formula is C18H19NO4. The maximum Gasteiger partial charge on any atom is 0.255 e. The predicted octanol–water partition coefficient (Wildman–Crippen LogP) is 2.09. The normalized spacial score (nSPS) is 19.1. The second kappa shape index (κ2) is 6.30. The van der Waals surface area contributed by atoms with Crippen LogP contribution in [0.25, 0.3) is 0 Å². The highest BCUT2D eigenvalue weighted by molar-refractivity contribution is 5.97. The summed E-state index contributed by atoms with van der Waals surface area (Å²) in [6.45, 7) is 0. The number of carbonyl (C=O) groups is 1. The Morgan fingerprint density at radius 1 is 1.17 bits per heavy atom. The monoisotopic (exact) mass is 313 g/mol. The molecule has 1 amide bonds. The van der Waals surface area contributed by atoms with Gasteiger partial charge in [-0.1, -0.05) is 24.3 Å². The highest BCUT2D eigenvalue weighted by Crippen LogP contribution is 2.32. The number of ether oxygens (including phenoxy) is 2. The van der Waals surface area contributed by atoms with Crippen LogP contribution < -0.4 is 14.8 Å². The summed E-state index contributed by atoms with van der Waals surface area (Å²) < 4.78 is 10.4. The Balaban J connectivity index is 1.78. The third kappa shape index (κ3) is 2.87. The van der Waals surface area contributed by atoms with Crippen LogP contribution in [-0.2, 0) is 6.42 Å². The Bertz CT molecular complexity index is 729. The maximum absolute atomic E-state index is 12.5. The minimum absolute atomic E-state index is 0.277. The minimum Gasteiger partial charge on any atom is -0.497 e. The lowest BCUT2D eigenvalue weighted by molar-refractivity contribution is 0.0855. The molecule has 0 radical (unpaired) electrons. The van der Waals surface area contributed by atoms with E-state index < -0.39 is 6.10 Å². The fourth-order valence-electron chi connectivity index (χ4n) is 2.94. The second-order valence-corrected chi connectivity index (χ2v) is 5.49. The van der Waals surface area contributed by atoms with Gasteiger partial charge in [0.25, 0.3) is 5.91 Å². The first kappa shape index (κ1) is 15.4. The molecule has 0 bridgehead atoms. The van der Waals surface area contributed by atoms with E-state index in [0.29, 0.717) is 23.5 Å². The van der Waals surface area contributed by atoms with Crippen LogP contribution in [0.1, 0.15) is 27.6 Å². The smallest absolute Gasteiger partial charge is 0.255 e. The summed E-state index contributed by atoms with van der Waals surface area (Å²) >= 11 is 0. The van der Waals surface area contributed by atoms with Gasteiger partial charge in [0.2, 0.25) is 0 Å². The van der Waals surface area contributed by atoms with Crippen LogP contribution in [0.15, 0.2) is 42.5 Å². The molecule has 2 atom stereocenters. The van der Waals surface area contributed by atoms with Crippen molar-refractivity contribution in [1.82, 2.24) is 5.32 Å². The predicted molar refractivity (Wildman–Crippen MR) is 85.9 cm³/mol. The first-order valence-corrected chi connectivity index (χ1v) is 7.42. The van der Waals surface area contributed by atoms with Crippen molar-refractivity contribution >= 4 is 5.91 Å². The molecule has 5 heteroatoms. The van der Waals surface area contributed by atoms with E-state index in [2.05, 4.69) is 5.32 Å². The maximum atomic E-state index is 12.5. The zero-order valence-electron chi connectivity index (χ0n) is 13.1. The molecule has 2 aromatic rings. The number of aliphatic hydroxyl groups excluding tert-OH is 1. The van der Waals surface area contributed by atoms with Gasteiger partial charge in [0, 0.05) is 6.07 Å². The topological polar surface area (TPSA) is 67.8 Å². The fraction of sp³-hybridized carbons (Fsp3) is 0.278. The summed E-state index contributed by atoms with van der Waals surface area (Å²) in [6.07, 6.45) is -0.0824. The molecule has 0 spiro atoms. The lowest BCUT2D eigenvalue weighted by Gasteiger charge is -2.18. The lowest BCUT2D eigenvalue weighted by Crippen LogP contribution is -2.37. The number of benzene rings is 2. The van der Waals surface area contributed by atoms with Crippen molar-refractivity contribution < 1.29 is 19.4 Å². The number of methoxy groups -OCH3 is 2. The zero-order chi connectivity index (χ0) is 16.4. The molecule has 1 aliphatic rings. The molecule has 120 valence electrons. The molecule has 0 aliphatic heterocycles. The van der Waals surface area contributed by atoms with Gasteiger partial charge < -0.3 is 19.9 Å². The summed E-state index contributed by atoms with van der Waals surface area (Å²) in [7, 11) is 3.06. The quantitative estimate of drug-likeness (QED) is 0.907. The molecule has 3 rings (SSSR count). The molecule has 23 heavy (non-hydrogen) atoms. The molecule has 2 N–H and O–H groups in total. The number of aliphatic hydroxyl groups is 1. The molecule has 0 saturated heterocycles. The van der Waals surface area contributed by atoms with Crippen LogP contribution >= 0.6 is 0 Å². The number of carbonyl (C=O) groups excluding carboxylic acids is 1. The van der Waals surface area contributed by atoms with Crippen LogP contribution in [0.2, 0.25) is 0 Å². The Labute approximate surface area is 134 Å². The van der Waals surface area contributed by atoms with Gasteiger partial charge >= 0.3 is 0 Å². The van der Waals surface area contributed by atoms with Crippen molar-refractivity contribution in [2.75, 3.05) is 14.2 Å². The van der Waals surface area contributed by atoms with Crippen LogP contribution in [0.5, 0.6) is 11.5 Å². The molecule has 0 aromatic heterocycles. The van der Waals surface area contributed by atoms with Gasteiger partial charge in [0.1, 0.15) is 11.5 Å². The number of rotatable bonds is 4. The Morgan fingerprint density at radius 2 is 1.96 bits per heavy atom.